The lowest BCUT2D eigenvalue weighted by Crippen LogP contribution is -2.30. The van der Waals surface area contributed by atoms with Crippen LogP contribution in [0.1, 0.15) is 168 Å². The van der Waals surface area contributed by atoms with Crippen molar-refractivity contribution in [1.82, 2.24) is 0 Å². The third-order valence-electron chi connectivity index (χ3n) is 9.76. The molecule has 1 unspecified atom stereocenters. The van der Waals surface area contributed by atoms with E-state index in [-0.39, 0.29) is 32.0 Å². The fourth-order valence-electron chi connectivity index (χ4n) is 6.00. The van der Waals surface area contributed by atoms with Crippen LogP contribution >= 0.6 is 0 Å². The van der Waals surface area contributed by atoms with E-state index in [1.807, 2.05) is 48.6 Å². The lowest BCUT2D eigenvalue weighted by atomic mass is 10.1. The molecule has 6 heteroatoms. The number of ether oxygens (including phenoxy) is 3. The SMILES string of the molecule is CC\C=C/C=C\C=C/C=C\CCCCCCCC(=O)OCC(COC(=O)CC/C=C\C/C=C\C/C=C\C/C=C\C/C=C\C/C=C\CC)OC(=O)CC/C=C\C/C=C\C/C=C\C/C=C\C/C=C\CC. The van der Waals surface area contributed by atoms with Gasteiger partial charge in [-0.25, -0.2) is 0 Å². The first-order valence-corrected chi connectivity index (χ1v) is 25.8. The molecular formula is C62H90O6. The van der Waals surface area contributed by atoms with Gasteiger partial charge in [0.2, 0.25) is 0 Å². The zero-order valence-electron chi connectivity index (χ0n) is 42.5. The van der Waals surface area contributed by atoms with Crippen LogP contribution < -0.4 is 0 Å². The summed E-state index contributed by atoms with van der Waals surface area (Å²) in [6, 6.07) is 0. The maximum Gasteiger partial charge on any atom is 0.306 e. The number of esters is 3. The number of unbranched alkanes of at least 4 members (excludes halogenated alkanes) is 5. The fraction of sp³-hybridized carbons (Fsp3) is 0.468. The molecule has 0 aromatic heterocycles. The molecule has 0 spiro atoms. The minimum absolute atomic E-state index is 0.154. The minimum Gasteiger partial charge on any atom is -0.462 e. The normalized spacial score (nSPS) is 13.6. The maximum atomic E-state index is 12.8. The van der Waals surface area contributed by atoms with Crippen molar-refractivity contribution in [2.24, 2.45) is 0 Å². The average Bonchev–Trinajstić information content (AvgIpc) is 3.34. The number of hydrogen-bond acceptors (Lipinski definition) is 6. The summed E-state index contributed by atoms with van der Waals surface area (Å²) < 4.78 is 16.6. The first-order valence-electron chi connectivity index (χ1n) is 25.8. The Bertz CT molecular complexity index is 1680. The molecule has 0 aromatic carbocycles. The van der Waals surface area contributed by atoms with Gasteiger partial charge in [0.05, 0.1) is 0 Å². The number of carbonyl (C=O) groups excluding carboxylic acids is 3. The van der Waals surface area contributed by atoms with E-state index in [0.717, 1.165) is 116 Å². The van der Waals surface area contributed by atoms with Crippen LogP contribution in [0.2, 0.25) is 0 Å². The lowest BCUT2D eigenvalue weighted by Gasteiger charge is -2.18. The Morgan fingerprint density at radius 2 is 0.632 bits per heavy atom. The number of rotatable bonds is 43. The first kappa shape index (κ1) is 62.5. The summed E-state index contributed by atoms with van der Waals surface area (Å²) in [5.74, 6) is -1.17. The van der Waals surface area contributed by atoms with E-state index >= 15 is 0 Å². The summed E-state index contributed by atoms with van der Waals surface area (Å²) in [6.07, 6.45) is 81.8. The highest BCUT2D eigenvalue weighted by Gasteiger charge is 2.19. The van der Waals surface area contributed by atoms with E-state index in [1.54, 1.807) is 0 Å². The quantitative estimate of drug-likeness (QED) is 0.0199. The summed E-state index contributed by atoms with van der Waals surface area (Å²) in [7, 11) is 0. The number of allylic oxidation sites excluding steroid dienone is 30. The zero-order chi connectivity index (χ0) is 49.3. The molecule has 1 atom stereocenters. The number of carbonyl (C=O) groups is 3. The van der Waals surface area contributed by atoms with Gasteiger partial charge < -0.3 is 14.2 Å². The van der Waals surface area contributed by atoms with Gasteiger partial charge >= 0.3 is 17.9 Å². The second kappa shape index (κ2) is 54.1. The van der Waals surface area contributed by atoms with E-state index in [4.69, 9.17) is 14.2 Å². The van der Waals surface area contributed by atoms with Gasteiger partial charge in [-0.2, -0.15) is 0 Å². The molecule has 0 fully saturated rings. The first-order chi connectivity index (χ1) is 33.5. The topological polar surface area (TPSA) is 78.9 Å². The molecule has 0 saturated heterocycles. The highest BCUT2D eigenvalue weighted by molar-refractivity contribution is 5.71. The van der Waals surface area contributed by atoms with E-state index < -0.39 is 18.0 Å². The molecule has 0 heterocycles. The molecule has 0 aliphatic rings. The van der Waals surface area contributed by atoms with Gasteiger partial charge in [-0.15, -0.1) is 0 Å². The number of hydrogen-bond donors (Lipinski definition) is 0. The highest BCUT2D eigenvalue weighted by Crippen LogP contribution is 2.10. The van der Waals surface area contributed by atoms with Gasteiger partial charge in [0.1, 0.15) is 13.2 Å². The predicted molar refractivity (Wildman–Crippen MR) is 292 cm³/mol. The van der Waals surface area contributed by atoms with Crippen molar-refractivity contribution in [3.05, 3.63) is 182 Å². The van der Waals surface area contributed by atoms with Gasteiger partial charge in [0.25, 0.3) is 0 Å². The van der Waals surface area contributed by atoms with Gasteiger partial charge in [-0.05, 0) is 109 Å². The molecule has 0 rings (SSSR count). The third-order valence-corrected chi connectivity index (χ3v) is 9.76. The third kappa shape index (κ3) is 51.5. The van der Waals surface area contributed by atoms with Crippen LogP contribution in [0.5, 0.6) is 0 Å². The molecule has 374 valence electrons. The van der Waals surface area contributed by atoms with E-state index in [9.17, 15) is 14.4 Å². The van der Waals surface area contributed by atoms with Crippen LogP contribution in [0.15, 0.2) is 182 Å². The average molecular weight is 931 g/mol. The van der Waals surface area contributed by atoms with E-state index in [0.29, 0.717) is 19.3 Å². The molecule has 0 aliphatic carbocycles. The van der Waals surface area contributed by atoms with Crippen molar-refractivity contribution in [1.29, 1.82) is 0 Å². The molecule has 0 amide bonds. The Morgan fingerprint density at radius 1 is 0.309 bits per heavy atom. The monoisotopic (exact) mass is 931 g/mol. The van der Waals surface area contributed by atoms with Crippen LogP contribution in [-0.4, -0.2) is 37.2 Å². The van der Waals surface area contributed by atoms with Crippen molar-refractivity contribution in [2.75, 3.05) is 13.2 Å². The standard InChI is InChI=1S/C62H90O6/c1-4-7-10-13-16-19-22-25-28-30-31-32-35-37-40-43-46-49-52-55-61(64)67-58-59(57-66-60(63)54-51-48-45-42-39-36-33-27-24-21-18-15-12-9-6-3)68-62(65)56-53-50-47-44-41-38-34-29-26-23-20-17-14-11-8-5-2/h7-12,15-21,24-29,31-33,37-38,40-41,46-47,49-50,59H,4-6,13-14,22-23,30,34-36,39,42-45,48,51-58H2,1-3H3/b10-7-,11-8-,12-9-,18-15-,19-16-,20-17-,24-21-,28-25-,29-26-,32-31-,33-27-,40-37-,41-38-,49-46-,50-47-. The van der Waals surface area contributed by atoms with E-state index in [2.05, 4.69) is 154 Å². The molecule has 6 nitrogen and oxygen atoms in total. The molecule has 0 radical (unpaired) electrons. The fourth-order valence-corrected chi connectivity index (χ4v) is 6.00. The largest absolute Gasteiger partial charge is 0.462 e. The van der Waals surface area contributed by atoms with Crippen molar-refractivity contribution in [2.45, 2.75) is 175 Å². The summed E-state index contributed by atoms with van der Waals surface area (Å²) in [4.78, 5) is 38.0. The van der Waals surface area contributed by atoms with Gasteiger partial charge in [-0.3, -0.25) is 14.4 Å². The highest BCUT2D eigenvalue weighted by atomic mass is 16.6. The van der Waals surface area contributed by atoms with Crippen LogP contribution in [0.4, 0.5) is 0 Å². The van der Waals surface area contributed by atoms with Gasteiger partial charge in [0, 0.05) is 19.3 Å². The summed E-state index contributed by atoms with van der Waals surface area (Å²) in [6.45, 7) is 6.08. The predicted octanol–water partition coefficient (Wildman–Crippen LogP) is 17.4. The molecule has 0 aromatic rings. The second-order valence-corrected chi connectivity index (χ2v) is 16.0. The van der Waals surface area contributed by atoms with Gasteiger partial charge in [-0.1, -0.05) is 222 Å². The molecule has 0 bridgehead atoms. The van der Waals surface area contributed by atoms with Crippen molar-refractivity contribution >= 4 is 17.9 Å². The summed E-state index contributed by atoms with van der Waals surface area (Å²) >= 11 is 0. The Labute approximate surface area is 414 Å². The minimum atomic E-state index is -0.869. The van der Waals surface area contributed by atoms with Crippen molar-refractivity contribution in [3.8, 4) is 0 Å². The van der Waals surface area contributed by atoms with Crippen LogP contribution in [-0.2, 0) is 28.6 Å². The van der Waals surface area contributed by atoms with Crippen LogP contribution in [0.25, 0.3) is 0 Å². The van der Waals surface area contributed by atoms with E-state index in [1.165, 1.54) is 0 Å². The Hall–Kier alpha value is -5.49. The summed E-state index contributed by atoms with van der Waals surface area (Å²) in [5.41, 5.74) is 0. The lowest BCUT2D eigenvalue weighted by molar-refractivity contribution is -0.166. The van der Waals surface area contributed by atoms with Crippen LogP contribution in [0, 0.1) is 0 Å². The Kier molecular flexibility index (Phi) is 49.7. The zero-order valence-corrected chi connectivity index (χ0v) is 42.5. The maximum absolute atomic E-state index is 12.8. The van der Waals surface area contributed by atoms with Crippen LogP contribution in [0.3, 0.4) is 0 Å². The Morgan fingerprint density at radius 3 is 1.06 bits per heavy atom. The summed E-state index contributed by atoms with van der Waals surface area (Å²) in [5, 5.41) is 0. The van der Waals surface area contributed by atoms with Crippen molar-refractivity contribution < 1.29 is 28.6 Å². The second-order valence-electron chi connectivity index (χ2n) is 16.0. The molecular weight excluding hydrogens is 841 g/mol. The smallest absolute Gasteiger partial charge is 0.306 e. The molecule has 0 aliphatic heterocycles. The molecule has 0 saturated carbocycles. The van der Waals surface area contributed by atoms with Gasteiger partial charge in [0.15, 0.2) is 6.10 Å². The molecule has 0 N–H and O–H groups in total. The Balaban J connectivity index is 4.70. The van der Waals surface area contributed by atoms with Crippen molar-refractivity contribution in [3.63, 3.8) is 0 Å². The molecule has 68 heavy (non-hydrogen) atoms.